The first kappa shape index (κ1) is 10.7. The summed E-state index contributed by atoms with van der Waals surface area (Å²) in [6.45, 7) is 5.87. The minimum atomic E-state index is 0.0729. The smallest absolute Gasteiger partial charge is 0.209 e. The number of hydrogen-bond donors (Lipinski definition) is 1. The molecular weight excluding hydrogens is 198 g/mol. The molecule has 2 aromatic rings. The molecule has 0 unspecified atom stereocenters. The van der Waals surface area contributed by atoms with Gasteiger partial charge in [-0.3, -0.25) is 4.79 Å². The van der Waals surface area contributed by atoms with Crippen LogP contribution in [0, 0.1) is 20.8 Å². The van der Waals surface area contributed by atoms with E-state index in [0.717, 1.165) is 22.4 Å². The van der Waals surface area contributed by atoms with Crippen molar-refractivity contribution in [1.82, 2.24) is 4.98 Å². The molecule has 16 heavy (non-hydrogen) atoms. The zero-order valence-corrected chi connectivity index (χ0v) is 9.79. The van der Waals surface area contributed by atoms with Crippen LogP contribution in [0.15, 0.2) is 30.3 Å². The molecule has 0 fully saturated rings. The van der Waals surface area contributed by atoms with Crippen molar-refractivity contribution >= 4 is 5.78 Å². The van der Waals surface area contributed by atoms with Crippen molar-refractivity contribution in [2.24, 2.45) is 0 Å². The minimum Gasteiger partial charge on any atom is -0.356 e. The molecule has 2 rings (SSSR count). The predicted molar refractivity (Wildman–Crippen MR) is 64.9 cm³/mol. The van der Waals surface area contributed by atoms with Crippen LogP contribution in [0.4, 0.5) is 0 Å². The molecule has 2 heteroatoms. The average molecular weight is 213 g/mol. The van der Waals surface area contributed by atoms with E-state index in [9.17, 15) is 4.79 Å². The quantitative estimate of drug-likeness (QED) is 0.763. The fraction of sp³-hybridized carbons (Fsp3) is 0.214. The lowest BCUT2D eigenvalue weighted by atomic mass is 10.0. The van der Waals surface area contributed by atoms with Gasteiger partial charge in [-0.15, -0.1) is 0 Å². The number of aryl methyl sites for hydroxylation is 3. The van der Waals surface area contributed by atoms with Crippen LogP contribution in [0.1, 0.15) is 32.9 Å². The maximum Gasteiger partial charge on any atom is 0.209 e. The Morgan fingerprint density at radius 1 is 1.06 bits per heavy atom. The summed E-state index contributed by atoms with van der Waals surface area (Å²) in [4.78, 5) is 15.4. The maximum absolute atomic E-state index is 12.3. The highest BCUT2D eigenvalue weighted by atomic mass is 16.1. The Morgan fingerprint density at radius 3 is 2.31 bits per heavy atom. The van der Waals surface area contributed by atoms with Crippen molar-refractivity contribution in [1.29, 1.82) is 0 Å². The second kappa shape index (κ2) is 3.97. The number of H-pyrrole nitrogens is 1. The number of benzene rings is 1. The fourth-order valence-electron chi connectivity index (χ4n) is 1.93. The number of aromatic nitrogens is 1. The van der Waals surface area contributed by atoms with E-state index >= 15 is 0 Å². The third-order valence-electron chi connectivity index (χ3n) is 2.77. The number of hydrogen-bond acceptors (Lipinski definition) is 1. The molecule has 1 aromatic carbocycles. The van der Waals surface area contributed by atoms with Gasteiger partial charge in [-0.05, 0) is 38.0 Å². The normalized spacial score (nSPS) is 10.4. The Balaban J connectivity index is 2.47. The number of rotatable bonds is 2. The molecule has 1 N–H and O–H groups in total. The van der Waals surface area contributed by atoms with Crippen LogP contribution in [0.5, 0.6) is 0 Å². The van der Waals surface area contributed by atoms with Crippen molar-refractivity contribution in [3.05, 3.63) is 58.4 Å². The van der Waals surface area contributed by atoms with Gasteiger partial charge >= 0.3 is 0 Å². The summed E-state index contributed by atoms with van der Waals surface area (Å²) in [6.07, 6.45) is 0. The summed E-state index contributed by atoms with van der Waals surface area (Å²) in [5, 5.41) is 0. The van der Waals surface area contributed by atoms with Crippen LogP contribution in [0.2, 0.25) is 0 Å². The predicted octanol–water partition coefficient (Wildman–Crippen LogP) is 3.17. The first-order chi connectivity index (χ1) is 7.59. The van der Waals surface area contributed by atoms with Gasteiger partial charge in [0, 0.05) is 11.3 Å². The second-order valence-electron chi connectivity index (χ2n) is 4.15. The Hall–Kier alpha value is -1.83. The zero-order valence-electron chi connectivity index (χ0n) is 9.79. The minimum absolute atomic E-state index is 0.0729. The van der Waals surface area contributed by atoms with Crippen LogP contribution >= 0.6 is 0 Å². The first-order valence-corrected chi connectivity index (χ1v) is 5.36. The summed E-state index contributed by atoms with van der Waals surface area (Å²) < 4.78 is 0. The standard InChI is InChI=1S/C14H15NO/c1-9-6-4-5-7-12(9)14(16)13-10(2)8-11(3)15-13/h4-8,15H,1-3H3. The molecule has 0 saturated heterocycles. The fourth-order valence-corrected chi connectivity index (χ4v) is 1.93. The van der Waals surface area contributed by atoms with Gasteiger partial charge in [0.15, 0.2) is 0 Å². The van der Waals surface area contributed by atoms with Crippen LogP contribution in [0.3, 0.4) is 0 Å². The highest BCUT2D eigenvalue weighted by Gasteiger charge is 2.15. The van der Waals surface area contributed by atoms with E-state index < -0.39 is 0 Å². The Kier molecular flexibility index (Phi) is 2.65. The van der Waals surface area contributed by atoms with Crippen molar-refractivity contribution in [3.63, 3.8) is 0 Å². The molecule has 82 valence electrons. The van der Waals surface area contributed by atoms with Crippen LogP contribution < -0.4 is 0 Å². The third-order valence-corrected chi connectivity index (χ3v) is 2.77. The first-order valence-electron chi connectivity index (χ1n) is 5.36. The van der Waals surface area contributed by atoms with E-state index in [0.29, 0.717) is 5.69 Å². The lowest BCUT2D eigenvalue weighted by Gasteiger charge is -2.03. The molecule has 0 spiro atoms. The Labute approximate surface area is 95.3 Å². The summed E-state index contributed by atoms with van der Waals surface area (Å²) in [5.41, 5.74) is 4.51. The van der Waals surface area contributed by atoms with Crippen LogP contribution in [-0.4, -0.2) is 10.8 Å². The third kappa shape index (κ3) is 1.78. The SMILES string of the molecule is Cc1cc(C)c(C(=O)c2ccccc2C)[nH]1. The number of nitrogens with one attached hydrogen (secondary N) is 1. The molecule has 0 aliphatic rings. The average Bonchev–Trinajstić information content (AvgIpc) is 2.58. The molecule has 0 radical (unpaired) electrons. The summed E-state index contributed by atoms with van der Waals surface area (Å²) in [5.74, 6) is 0.0729. The molecule has 0 amide bonds. The van der Waals surface area contributed by atoms with Gasteiger partial charge in [-0.2, -0.15) is 0 Å². The number of aromatic amines is 1. The number of carbonyl (C=O) groups is 1. The lowest BCUT2D eigenvalue weighted by molar-refractivity contribution is 0.103. The molecule has 0 aliphatic carbocycles. The van der Waals surface area contributed by atoms with Gasteiger partial charge in [0.2, 0.25) is 5.78 Å². The zero-order chi connectivity index (χ0) is 11.7. The highest BCUT2D eigenvalue weighted by Crippen LogP contribution is 2.16. The van der Waals surface area contributed by atoms with Crippen molar-refractivity contribution in [2.45, 2.75) is 20.8 Å². The molecular formula is C14H15NO. The van der Waals surface area contributed by atoms with Crippen molar-refractivity contribution < 1.29 is 4.79 Å². The van der Waals surface area contributed by atoms with E-state index in [1.807, 2.05) is 51.1 Å². The van der Waals surface area contributed by atoms with Gasteiger partial charge in [-0.1, -0.05) is 24.3 Å². The largest absolute Gasteiger partial charge is 0.356 e. The summed E-state index contributed by atoms with van der Waals surface area (Å²) in [6, 6.07) is 9.65. The van der Waals surface area contributed by atoms with E-state index in [1.54, 1.807) is 0 Å². The second-order valence-corrected chi connectivity index (χ2v) is 4.15. The van der Waals surface area contributed by atoms with Crippen LogP contribution in [0.25, 0.3) is 0 Å². The molecule has 0 atom stereocenters. The molecule has 0 saturated carbocycles. The number of carbonyl (C=O) groups excluding carboxylic acids is 1. The Bertz CT molecular complexity index is 537. The van der Waals surface area contributed by atoms with Gasteiger partial charge in [0.25, 0.3) is 0 Å². The molecule has 0 bridgehead atoms. The maximum atomic E-state index is 12.3. The van der Waals surface area contributed by atoms with E-state index in [-0.39, 0.29) is 5.78 Å². The van der Waals surface area contributed by atoms with E-state index in [4.69, 9.17) is 0 Å². The Morgan fingerprint density at radius 2 is 1.75 bits per heavy atom. The highest BCUT2D eigenvalue weighted by molar-refractivity contribution is 6.09. The van der Waals surface area contributed by atoms with E-state index in [2.05, 4.69) is 4.98 Å². The van der Waals surface area contributed by atoms with Crippen molar-refractivity contribution in [3.8, 4) is 0 Å². The van der Waals surface area contributed by atoms with Gasteiger partial charge < -0.3 is 4.98 Å². The number of ketones is 1. The summed E-state index contributed by atoms with van der Waals surface area (Å²) >= 11 is 0. The molecule has 2 nitrogen and oxygen atoms in total. The van der Waals surface area contributed by atoms with Gasteiger partial charge in [-0.25, -0.2) is 0 Å². The topological polar surface area (TPSA) is 32.9 Å². The van der Waals surface area contributed by atoms with Gasteiger partial charge in [0.05, 0.1) is 5.69 Å². The van der Waals surface area contributed by atoms with Crippen LogP contribution in [-0.2, 0) is 0 Å². The monoisotopic (exact) mass is 213 g/mol. The molecule has 1 heterocycles. The molecule has 1 aromatic heterocycles. The van der Waals surface area contributed by atoms with Gasteiger partial charge in [0.1, 0.15) is 0 Å². The van der Waals surface area contributed by atoms with Crippen molar-refractivity contribution in [2.75, 3.05) is 0 Å². The lowest BCUT2D eigenvalue weighted by Crippen LogP contribution is -2.05. The molecule has 0 aliphatic heterocycles. The summed E-state index contributed by atoms with van der Waals surface area (Å²) in [7, 11) is 0. The van der Waals surface area contributed by atoms with E-state index in [1.165, 1.54) is 0 Å².